The Hall–Kier alpha value is -8.06. The monoisotopic (exact) mass is 747 g/mol. The Morgan fingerprint density at radius 2 is 0.915 bits per heavy atom. The smallest absolute Gasteiger partial charge is 0.189 e. The summed E-state index contributed by atoms with van der Waals surface area (Å²) in [5.74, 6) is 0. The summed E-state index contributed by atoms with van der Waals surface area (Å²) < 4.78 is 2.28. The summed E-state index contributed by atoms with van der Waals surface area (Å²) in [5.41, 5.74) is 14.4. The van der Waals surface area contributed by atoms with Crippen molar-refractivity contribution in [2.24, 2.45) is 0 Å². The Balaban J connectivity index is 0.882. The summed E-state index contributed by atoms with van der Waals surface area (Å²) in [5, 5.41) is 11.1. The molecule has 3 nitrogen and oxygen atoms in total. The number of pyridine rings is 1. The predicted molar refractivity (Wildman–Crippen MR) is 248 cm³/mol. The van der Waals surface area contributed by atoms with Gasteiger partial charge in [0.25, 0.3) is 0 Å². The molecular formula is C56H33N3. The van der Waals surface area contributed by atoms with E-state index in [9.17, 15) is 0 Å². The lowest BCUT2D eigenvalue weighted by Gasteiger charge is -2.15. The predicted octanol–water partition coefficient (Wildman–Crippen LogP) is 15.4. The average molecular weight is 748 g/mol. The molecule has 0 spiro atoms. The molecule has 2 heterocycles. The Kier molecular flexibility index (Phi) is 7.29. The summed E-state index contributed by atoms with van der Waals surface area (Å²) >= 11 is 0. The van der Waals surface area contributed by atoms with Gasteiger partial charge in [0.05, 0.1) is 17.6 Å². The Morgan fingerprint density at radius 1 is 0.390 bits per heavy atom. The molecule has 0 atom stereocenters. The summed E-state index contributed by atoms with van der Waals surface area (Å²) in [4.78, 5) is 8.41. The molecule has 0 radical (unpaired) electrons. The van der Waals surface area contributed by atoms with Gasteiger partial charge in [0, 0.05) is 39.1 Å². The van der Waals surface area contributed by atoms with E-state index < -0.39 is 0 Å². The van der Waals surface area contributed by atoms with Crippen molar-refractivity contribution in [3.05, 3.63) is 212 Å². The van der Waals surface area contributed by atoms with Crippen LogP contribution in [-0.2, 0) is 0 Å². The van der Waals surface area contributed by atoms with Gasteiger partial charge in [0.2, 0.25) is 0 Å². The number of rotatable bonds is 5. The lowest BCUT2D eigenvalue weighted by molar-refractivity contribution is 1.18. The van der Waals surface area contributed by atoms with Crippen molar-refractivity contribution in [2.45, 2.75) is 0 Å². The zero-order chi connectivity index (χ0) is 39.0. The fraction of sp³-hybridized carbons (Fsp3) is 0. The van der Waals surface area contributed by atoms with Crippen molar-refractivity contribution in [1.82, 2.24) is 9.55 Å². The standard InChI is InChI=1S/C56H33N3/c1-57-47-25-27-51-50-26-24-40(33-52(50)59(53(51)34-47)48-9-3-2-4-10-48)35-12-14-36(15-13-35)45-29-41-20-22-43-31-46(32-44-23-21-42(30-45)54(41)55(43)44)37-16-18-38(19-17-37)49-11-5-7-39-8-6-28-58-56(39)49/h2-34H. The molecule has 12 aromatic rings. The van der Waals surface area contributed by atoms with Crippen molar-refractivity contribution in [1.29, 1.82) is 0 Å². The van der Waals surface area contributed by atoms with Crippen molar-refractivity contribution in [3.8, 4) is 50.2 Å². The van der Waals surface area contributed by atoms with Gasteiger partial charge in [-0.3, -0.25) is 4.98 Å². The Bertz CT molecular complexity index is 3570. The quantitative estimate of drug-likeness (QED) is 0.127. The number of aromatic nitrogens is 2. The number of benzene rings is 10. The van der Waals surface area contributed by atoms with E-state index in [0.717, 1.165) is 49.7 Å². The van der Waals surface area contributed by atoms with Crippen LogP contribution in [0.1, 0.15) is 0 Å². The molecule has 0 unspecified atom stereocenters. The molecule has 0 N–H and O–H groups in total. The number of hydrogen-bond acceptors (Lipinski definition) is 1. The number of fused-ring (bicyclic) bond motifs is 4. The van der Waals surface area contributed by atoms with Crippen LogP contribution >= 0.6 is 0 Å². The Labute approximate surface area is 340 Å². The molecule has 2 aromatic heterocycles. The molecule has 10 aromatic carbocycles. The average Bonchev–Trinajstić information content (AvgIpc) is 3.63. The second kappa shape index (κ2) is 13.0. The SMILES string of the molecule is [C-]#[N+]c1ccc2c3ccc(-c4ccc(-c5cc6ccc7cc(-c8ccc(-c9cccc%10cccnc9%10)cc8)cc8ccc(c5)c6c78)cc4)cc3n(-c3ccccc3)c2c1. The highest BCUT2D eigenvalue weighted by atomic mass is 15.0. The fourth-order valence-electron chi connectivity index (χ4n) is 9.32. The van der Waals surface area contributed by atoms with Crippen molar-refractivity contribution in [2.75, 3.05) is 0 Å². The van der Waals surface area contributed by atoms with Crippen LogP contribution < -0.4 is 0 Å². The second-order valence-electron chi connectivity index (χ2n) is 15.5. The minimum absolute atomic E-state index is 0.642. The summed E-state index contributed by atoms with van der Waals surface area (Å²) in [6, 6.07) is 70.0. The number of hydrogen-bond donors (Lipinski definition) is 0. The molecule has 272 valence electrons. The first-order chi connectivity index (χ1) is 29.2. The zero-order valence-corrected chi connectivity index (χ0v) is 31.9. The van der Waals surface area contributed by atoms with Gasteiger partial charge in [0.1, 0.15) is 0 Å². The van der Waals surface area contributed by atoms with Crippen LogP contribution in [0.3, 0.4) is 0 Å². The van der Waals surface area contributed by atoms with Crippen molar-refractivity contribution >= 4 is 70.7 Å². The van der Waals surface area contributed by atoms with Gasteiger partial charge in [-0.15, -0.1) is 0 Å². The highest BCUT2D eigenvalue weighted by Crippen LogP contribution is 2.41. The highest BCUT2D eigenvalue weighted by molar-refractivity contribution is 6.24. The van der Waals surface area contributed by atoms with Crippen LogP contribution in [0.5, 0.6) is 0 Å². The minimum Gasteiger partial charge on any atom is -0.310 e. The number of para-hydroxylation sites is 2. The maximum atomic E-state index is 7.64. The molecule has 0 saturated heterocycles. The van der Waals surface area contributed by atoms with E-state index in [1.54, 1.807) is 0 Å². The van der Waals surface area contributed by atoms with Crippen molar-refractivity contribution in [3.63, 3.8) is 0 Å². The molecule has 0 aliphatic heterocycles. The van der Waals surface area contributed by atoms with Crippen LogP contribution in [0, 0.1) is 6.57 Å². The van der Waals surface area contributed by atoms with Gasteiger partial charge in [-0.2, -0.15) is 0 Å². The second-order valence-corrected chi connectivity index (χ2v) is 15.5. The van der Waals surface area contributed by atoms with E-state index in [4.69, 9.17) is 6.57 Å². The third-order valence-electron chi connectivity index (χ3n) is 12.1. The molecule has 0 aliphatic rings. The van der Waals surface area contributed by atoms with E-state index in [0.29, 0.717) is 5.69 Å². The van der Waals surface area contributed by atoms with Gasteiger partial charge in [-0.25, -0.2) is 4.85 Å². The molecule has 0 aliphatic carbocycles. The largest absolute Gasteiger partial charge is 0.310 e. The van der Waals surface area contributed by atoms with Crippen LogP contribution in [0.15, 0.2) is 200 Å². The van der Waals surface area contributed by atoms with E-state index in [-0.39, 0.29) is 0 Å². The highest BCUT2D eigenvalue weighted by Gasteiger charge is 2.16. The molecule has 0 saturated carbocycles. The molecular weight excluding hydrogens is 715 g/mol. The first-order valence-electron chi connectivity index (χ1n) is 20.0. The normalized spacial score (nSPS) is 11.7. The third-order valence-corrected chi connectivity index (χ3v) is 12.1. The lowest BCUT2D eigenvalue weighted by Crippen LogP contribution is -1.93. The summed E-state index contributed by atoms with van der Waals surface area (Å²) in [6.45, 7) is 7.64. The molecule has 12 rings (SSSR count). The lowest BCUT2D eigenvalue weighted by atomic mass is 9.89. The number of nitrogens with zero attached hydrogens (tertiary/aromatic N) is 3. The Morgan fingerprint density at radius 3 is 1.53 bits per heavy atom. The van der Waals surface area contributed by atoms with E-state index >= 15 is 0 Å². The first-order valence-corrected chi connectivity index (χ1v) is 20.0. The van der Waals surface area contributed by atoms with E-state index in [2.05, 4.69) is 184 Å². The first kappa shape index (κ1) is 33.1. The molecule has 0 fully saturated rings. The molecule has 3 heteroatoms. The van der Waals surface area contributed by atoms with Gasteiger partial charge in [-0.1, -0.05) is 140 Å². The van der Waals surface area contributed by atoms with Crippen LogP contribution in [0.2, 0.25) is 0 Å². The maximum Gasteiger partial charge on any atom is 0.189 e. The maximum absolute atomic E-state index is 7.64. The van der Waals surface area contributed by atoms with Crippen LogP contribution in [-0.4, -0.2) is 9.55 Å². The van der Waals surface area contributed by atoms with Crippen molar-refractivity contribution < 1.29 is 0 Å². The third kappa shape index (κ3) is 5.32. The van der Waals surface area contributed by atoms with Crippen LogP contribution in [0.25, 0.3) is 120 Å². The minimum atomic E-state index is 0.642. The summed E-state index contributed by atoms with van der Waals surface area (Å²) in [7, 11) is 0. The zero-order valence-electron chi connectivity index (χ0n) is 31.9. The van der Waals surface area contributed by atoms with E-state index in [1.807, 2.05) is 30.5 Å². The fourth-order valence-corrected chi connectivity index (χ4v) is 9.32. The van der Waals surface area contributed by atoms with Gasteiger partial charge in [0.15, 0.2) is 5.69 Å². The molecule has 0 bridgehead atoms. The van der Waals surface area contributed by atoms with Gasteiger partial charge in [-0.05, 0) is 126 Å². The van der Waals surface area contributed by atoms with Crippen LogP contribution in [0.4, 0.5) is 5.69 Å². The topological polar surface area (TPSA) is 22.2 Å². The van der Waals surface area contributed by atoms with E-state index in [1.165, 1.54) is 65.5 Å². The van der Waals surface area contributed by atoms with Gasteiger partial charge < -0.3 is 4.57 Å². The summed E-state index contributed by atoms with van der Waals surface area (Å²) in [6.07, 6.45) is 1.87. The molecule has 59 heavy (non-hydrogen) atoms. The molecule has 0 amide bonds. The van der Waals surface area contributed by atoms with Gasteiger partial charge >= 0.3 is 0 Å².